The molecule has 3 rings (SSSR count). The molecule has 1 saturated heterocycles. The topological polar surface area (TPSA) is 50.7 Å². The smallest absolute Gasteiger partial charge is 0.133 e. The molecule has 0 saturated carbocycles. The molecular weight excluding hydrogens is 376 g/mol. The van der Waals surface area contributed by atoms with E-state index in [0.29, 0.717) is 36.6 Å². The number of piperidine rings is 1. The van der Waals surface area contributed by atoms with Crippen molar-refractivity contribution in [1.29, 1.82) is 0 Å². The monoisotopic (exact) mass is 405 g/mol. The fraction of sp³-hybridized carbons (Fsp3) is 0.478. The standard InChI is InChI=1S/C23H29F2NO3/c1-28-14-3-2-12-23(27,17-5-4-13-26-16-17)21-15-19(25)8-11-22(21)29-20-9-6-18(24)7-10-20/h6-11,15,17,26-27H,2-5,12-14,16H2,1H3/t17?,23-/m0/s1. The van der Waals surface area contributed by atoms with Crippen molar-refractivity contribution in [2.24, 2.45) is 5.92 Å². The van der Waals surface area contributed by atoms with Crippen molar-refractivity contribution in [1.82, 2.24) is 5.32 Å². The van der Waals surface area contributed by atoms with E-state index in [1.807, 2.05) is 0 Å². The summed E-state index contributed by atoms with van der Waals surface area (Å²) >= 11 is 0. The van der Waals surface area contributed by atoms with E-state index in [1.165, 1.54) is 42.5 Å². The van der Waals surface area contributed by atoms with Crippen LogP contribution < -0.4 is 10.1 Å². The molecule has 1 heterocycles. The number of nitrogens with one attached hydrogen (secondary N) is 1. The number of ether oxygens (including phenoxy) is 2. The minimum atomic E-state index is -1.24. The van der Waals surface area contributed by atoms with E-state index in [4.69, 9.17) is 9.47 Å². The van der Waals surface area contributed by atoms with Crippen LogP contribution in [0.1, 0.15) is 37.7 Å². The average molecular weight is 405 g/mol. The van der Waals surface area contributed by atoms with Crippen molar-refractivity contribution >= 4 is 0 Å². The lowest BCUT2D eigenvalue weighted by atomic mass is 9.74. The van der Waals surface area contributed by atoms with E-state index in [0.717, 1.165) is 32.2 Å². The molecule has 1 unspecified atom stereocenters. The van der Waals surface area contributed by atoms with Gasteiger partial charge in [-0.05, 0) is 81.1 Å². The van der Waals surface area contributed by atoms with Crippen molar-refractivity contribution < 1.29 is 23.4 Å². The fourth-order valence-corrected chi connectivity index (χ4v) is 4.02. The highest BCUT2D eigenvalue weighted by molar-refractivity contribution is 5.42. The maximum atomic E-state index is 14.2. The van der Waals surface area contributed by atoms with Crippen molar-refractivity contribution in [3.63, 3.8) is 0 Å². The van der Waals surface area contributed by atoms with E-state index in [1.54, 1.807) is 7.11 Å². The van der Waals surface area contributed by atoms with Gasteiger partial charge in [0.1, 0.15) is 23.1 Å². The number of methoxy groups -OCH3 is 1. The van der Waals surface area contributed by atoms with Gasteiger partial charge in [0, 0.05) is 31.7 Å². The Kier molecular flexibility index (Phi) is 7.58. The maximum absolute atomic E-state index is 14.2. The fourth-order valence-electron chi connectivity index (χ4n) is 4.02. The van der Waals surface area contributed by atoms with Gasteiger partial charge >= 0.3 is 0 Å². The quantitative estimate of drug-likeness (QED) is 0.591. The van der Waals surface area contributed by atoms with Crippen molar-refractivity contribution in [3.05, 3.63) is 59.7 Å². The highest BCUT2D eigenvalue weighted by Crippen LogP contribution is 2.43. The summed E-state index contributed by atoms with van der Waals surface area (Å²) in [5.41, 5.74) is -0.800. The summed E-state index contributed by atoms with van der Waals surface area (Å²) in [6.45, 7) is 2.19. The molecule has 4 nitrogen and oxygen atoms in total. The second-order valence-corrected chi connectivity index (χ2v) is 7.61. The second-order valence-electron chi connectivity index (χ2n) is 7.61. The van der Waals surface area contributed by atoms with Crippen LogP contribution in [0.15, 0.2) is 42.5 Å². The van der Waals surface area contributed by atoms with Crippen LogP contribution in [0.4, 0.5) is 8.78 Å². The minimum Gasteiger partial charge on any atom is -0.457 e. The zero-order chi connectivity index (χ0) is 20.7. The van der Waals surface area contributed by atoms with Crippen LogP contribution in [0.5, 0.6) is 11.5 Å². The third-order valence-corrected chi connectivity index (χ3v) is 5.58. The zero-order valence-corrected chi connectivity index (χ0v) is 16.8. The largest absolute Gasteiger partial charge is 0.457 e. The van der Waals surface area contributed by atoms with Crippen LogP contribution in [0.25, 0.3) is 0 Å². The van der Waals surface area contributed by atoms with Crippen molar-refractivity contribution in [2.45, 2.75) is 37.7 Å². The highest BCUT2D eigenvalue weighted by atomic mass is 19.1. The lowest BCUT2D eigenvalue weighted by Gasteiger charge is -2.40. The molecule has 0 aliphatic carbocycles. The Morgan fingerprint density at radius 3 is 2.55 bits per heavy atom. The van der Waals surface area contributed by atoms with E-state index in [2.05, 4.69) is 5.32 Å². The Labute approximate surface area is 170 Å². The van der Waals surface area contributed by atoms with Gasteiger partial charge in [-0.25, -0.2) is 8.78 Å². The van der Waals surface area contributed by atoms with Crippen LogP contribution in [0, 0.1) is 17.6 Å². The predicted molar refractivity (Wildman–Crippen MR) is 108 cm³/mol. The Balaban J connectivity index is 1.94. The summed E-state index contributed by atoms with van der Waals surface area (Å²) in [4.78, 5) is 0. The Bertz CT molecular complexity index is 778. The van der Waals surface area contributed by atoms with Crippen LogP contribution >= 0.6 is 0 Å². The van der Waals surface area contributed by atoms with Gasteiger partial charge in [0.2, 0.25) is 0 Å². The summed E-state index contributed by atoms with van der Waals surface area (Å²) in [7, 11) is 1.65. The lowest BCUT2D eigenvalue weighted by molar-refractivity contribution is -0.0449. The Morgan fingerprint density at radius 2 is 1.86 bits per heavy atom. The summed E-state index contributed by atoms with van der Waals surface area (Å²) in [5, 5.41) is 15.2. The summed E-state index contributed by atoms with van der Waals surface area (Å²) in [6.07, 6.45) is 3.83. The van der Waals surface area contributed by atoms with Gasteiger partial charge in [-0.3, -0.25) is 0 Å². The van der Waals surface area contributed by atoms with Gasteiger partial charge < -0.3 is 19.9 Å². The van der Waals surface area contributed by atoms with Gasteiger partial charge in [0.05, 0.1) is 5.60 Å². The minimum absolute atomic E-state index is 0.0591. The number of hydrogen-bond acceptors (Lipinski definition) is 4. The first-order valence-electron chi connectivity index (χ1n) is 10.2. The molecule has 2 aromatic carbocycles. The maximum Gasteiger partial charge on any atom is 0.133 e. The molecule has 0 amide bonds. The van der Waals surface area contributed by atoms with E-state index >= 15 is 0 Å². The number of halogens is 2. The van der Waals surface area contributed by atoms with Crippen LogP contribution in [-0.2, 0) is 10.3 Å². The van der Waals surface area contributed by atoms with Crippen LogP contribution in [-0.4, -0.2) is 31.9 Å². The molecule has 158 valence electrons. The summed E-state index contributed by atoms with van der Waals surface area (Å²) in [6, 6.07) is 9.85. The molecule has 1 aliphatic rings. The first kappa shape index (κ1) is 21.7. The Morgan fingerprint density at radius 1 is 1.10 bits per heavy atom. The SMILES string of the molecule is COCCCC[C@@](O)(c1cc(F)ccc1Oc1ccc(F)cc1)C1CCCNC1. The van der Waals surface area contributed by atoms with E-state index < -0.39 is 11.4 Å². The molecule has 0 aromatic heterocycles. The van der Waals surface area contributed by atoms with Gasteiger partial charge in [-0.15, -0.1) is 0 Å². The molecule has 1 aliphatic heterocycles. The third-order valence-electron chi connectivity index (χ3n) is 5.58. The molecule has 6 heteroatoms. The summed E-state index contributed by atoms with van der Waals surface area (Å²) in [5.74, 6) is -0.0260. The molecule has 2 aromatic rings. The summed E-state index contributed by atoms with van der Waals surface area (Å²) < 4.78 is 38.5. The second kappa shape index (κ2) is 10.1. The van der Waals surface area contributed by atoms with Crippen molar-refractivity contribution in [3.8, 4) is 11.5 Å². The van der Waals surface area contributed by atoms with Crippen LogP contribution in [0.2, 0.25) is 0 Å². The Hall–Kier alpha value is -2.02. The number of aliphatic hydroxyl groups is 1. The van der Waals surface area contributed by atoms with Gasteiger partial charge in [0.15, 0.2) is 0 Å². The van der Waals surface area contributed by atoms with Crippen molar-refractivity contribution in [2.75, 3.05) is 26.8 Å². The predicted octanol–water partition coefficient (Wildman–Crippen LogP) is 4.76. The van der Waals surface area contributed by atoms with Crippen LogP contribution in [0.3, 0.4) is 0 Å². The number of rotatable bonds is 9. The number of unbranched alkanes of at least 4 members (excludes halogenated alkanes) is 1. The number of hydrogen-bond donors (Lipinski definition) is 2. The van der Waals surface area contributed by atoms with Gasteiger partial charge in [0.25, 0.3) is 0 Å². The lowest BCUT2D eigenvalue weighted by Crippen LogP contribution is -2.44. The molecular formula is C23H29F2NO3. The molecule has 2 N–H and O–H groups in total. The van der Waals surface area contributed by atoms with E-state index in [9.17, 15) is 13.9 Å². The molecule has 0 bridgehead atoms. The first-order chi connectivity index (χ1) is 14.0. The number of benzene rings is 2. The molecule has 1 fully saturated rings. The molecule has 0 spiro atoms. The molecule has 29 heavy (non-hydrogen) atoms. The molecule has 2 atom stereocenters. The zero-order valence-electron chi connectivity index (χ0n) is 16.8. The van der Waals surface area contributed by atoms with Gasteiger partial charge in [-0.1, -0.05) is 0 Å². The third kappa shape index (κ3) is 5.53. The van der Waals surface area contributed by atoms with E-state index in [-0.39, 0.29) is 11.7 Å². The van der Waals surface area contributed by atoms with Gasteiger partial charge in [-0.2, -0.15) is 0 Å². The normalized spacial score (nSPS) is 19.0. The molecule has 0 radical (unpaired) electrons. The average Bonchev–Trinajstić information content (AvgIpc) is 2.74. The highest BCUT2D eigenvalue weighted by Gasteiger charge is 2.41. The first-order valence-corrected chi connectivity index (χ1v) is 10.2.